The number of amides is 1. The fourth-order valence-corrected chi connectivity index (χ4v) is 2.48. The molecule has 2 aromatic rings. The van der Waals surface area contributed by atoms with Gasteiger partial charge in [-0.3, -0.25) is 4.79 Å². The molecule has 27 heavy (non-hydrogen) atoms. The molecule has 0 saturated heterocycles. The van der Waals surface area contributed by atoms with Gasteiger partial charge in [-0.05, 0) is 24.1 Å². The van der Waals surface area contributed by atoms with Crippen LogP contribution in [0.4, 0.5) is 13.2 Å². The molecular weight excluding hydrogens is 363 g/mol. The second-order valence-corrected chi connectivity index (χ2v) is 5.61. The molecule has 0 saturated carbocycles. The van der Waals surface area contributed by atoms with Crippen LogP contribution in [0.5, 0.6) is 17.2 Å². The average molecular weight is 383 g/mol. The molecule has 0 spiro atoms. The van der Waals surface area contributed by atoms with E-state index in [0.717, 1.165) is 12.1 Å². The average Bonchev–Trinajstić information content (AvgIpc) is 2.66. The van der Waals surface area contributed by atoms with E-state index in [4.69, 9.17) is 14.2 Å². The molecule has 0 unspecified atom stereocenters. The Morgan fingerprint density at radius 3 is 2.00 bits per heavy atom. The first-order valence-corrected chi connectivity index (χ1v) is 8.04. The molecule has 0 heterocycles. The van der Waals surface area contributed by atoms with E-state index in [2.05, 4.69) is 5.32 Å². The molecule has 0 aliphatic carbocycles. The van der Waals surface area contributed by atoms with Gasteiger partial charge in [-0.1, -0.05) is 12.1 Å². The van der Waals surface area contributed by atoms with Crippen molar-refractivity contribution in [2.24, 2.45) is 0 Å². The molecule has 0 radical (unpaired) electrons. The number of methoxy groups -OCH3 is 3. The van der Waals surface area contributed by atoms with Crippen LogP contribution >= 0.6 is 0 Å². The maximum atomic E-state index is 12.6. The molecule has 2 aromatic carbocycles. The second-order valence-electron chi connectivity index (χ2n) is 5.61. The van der Waals surface area contributed by atoms with Crippen LogP contribution in [-0.4, -0.2) is 33.8 Å². The Kier molecular flexibility index (Phi) is 6.55. The third kappa shape index (κ3) is 5.06. The highest BCUT2D eigenvalue weighted by Crippen LogP contribution is 2.34. The summed E-state index contributed by atoms with van der Waals surface area (Å²) in [7, 11) is 4.36. The van der Waals surface area contributed by atoms with Crippen LogP contribution in [0.3, 0.4) is 0 Å². The smallest absolute Gasteiger partial charge is 0.416 e. The molecule has 5 nitrogen and oxygen atoms in total. The second kappa shape index (κ2) is 8.66. The maximum Gasteiger partial charge on any atom is 0.416 e. The Labute approximate surface area is 155 Å². The van der Waals surface area contributed by atoms with Gasteiger partial charge in [0, 0.05) is 18.7 Å². The van der Waals surface area contributed by atoms with Gasteiger partial charge in [0.05, 0.1) is 32.5 Å². The topological polar surface area (TPSA) is 56.8 Å². The van der Waals surface area contributed by atoms with Gasteiger partial charge in [-0.15, -0.1) is 0 Å². The first-order valence-electron chi connectivity index (χ1n) is 8.04. The zero-order chi connectivity index (χ0) is 20.0. The van der Waals surface area contributed by atoms with Crippen LogP contribution in [0, 0.1) is 0 Å². The van der Waals surface area contributed by atoms with Crippen LogP contribution in [0.1, 0.15) is 21.5 Å². The number of halogens is 3. The van der Waals surface area contributed by atoms with E-state index in [1.54, 1.807) is 6.07 Å². The van der Waals surface area contributed by atoms with Crippen molar-refractivity contribution in [3.8, 4) is 17.2 Å². The quantitative estimate of drug-likeness (QED) is 0.792. The van der Waals surface area contributed by atoms with E-state index in [-0.39, 0.29) is 18.0 Å². The van der Waals surface area contributed by atoms with Gasteiger partial charge in [-0.25, -0.2) is 0 Å². The first-order chi connectivity index (χ1) is 12.8. The summed E-state index contributed by atoms with van der Waals surface area (Å²) in [6.07, 6.45) is -3.98. The lowest BCUT2D eigenvalue weighted by atomic mass is 10.1. The van der Waals surface area contributed by atoms with Gasteiger partial charge in [0.25, 0.3) is 5.91 Å². The van der Waals surface area contributed by atoms with Gasteiger partial charge in [0.2, 0.25) is 0 Å². The first kappa shape index (κ1) is 20.4. The number of nitrogens with one attached hydrogen (secondary N) is 1. The number of alkyl halides is 3. The highest BCUT2D eigenvalue weighted by atomic mass is 19.4. The molecule has 1 N–H and O–H groups in total. The number of hydrogen-bond acceptors (Lipinski definition) is 4. The lowest BCUT2D eigenvalue weighted by Crippen LogP contribution is -2.26. The van der Waals surface area contributed by atoms with Gasteiger partial charge in [0.15, 0.2) is 11.5 Å². The van der Waals surface area contributed by atoms with Gasteiger partial charge in [-0.2, -0.15) is 13.2 Å². The minimum absolute atomic E-state index is 0.252. The van der Waals surface area contributed by atoms with Crippen molar-refractivity contribution < 1.29 is 32.2 Å². The van der Waals surface area contributed by atoms with E-state index in [1.807, 2.05) is 0 Å². The summed E-state index contributed by atoms with van der Waals surface area (Å²) in [5.41, 5.74) is 0.246. The van der Waals surface area contributed by atoms with Crippen LogP contribution in [-0.2, 0) is 12.6 Å². The number of benzene rings is 2. The molecule has 146 valence electrons. The predicted octanol–water partition coefficient (Wildman–Crippen LogP) is 3.70. The zero-order valence-corrected chi connectivity index (χ0v) is 15.1. The Balaban J connectivity index is 2.03. The van der Waals surface area contributed by atoms with E-state index in [9.17, 15) is 18.0 Å². The maximum absolute atomic E-state index is 12.6. The number of carbonyl (C=O) groups is 1. The summed E-state index contributed by atoms with van der Waals surface area (Å²) in [5.74, 6) is 0.737. The van der Waals surface area contributed by atoms with Crippen LogP contribution in [0.2, 0.25) is 0 Å². The molecule has 1 amide bonds. The third-order valence-electron chi connectivity index (χ3n) is 3.93. The normalized spacial score (nSPS) is 11.0. The Morgan fingerprint density at radius 1 is 0.926 bits per heavy atom. The van der Waals surface area contributed by atoms with Crippen molar-refractivity contribution in [1.82, 2.24) is 5.32 Å². The molecule has 8 heteroatoms. The monoisotopic (exact) mass is 383 g/mol. The third-order valence-corrected chi connectivity index (χ3v) is 3.93. The Bertz CT molecular complexity index is 789. The minimum atomic E-state index is -4.36. The van der Waals surface area contributed by atoms with Crippen molar-refractivity contribution in [3.63, 3.8) is 0 Å². The number of carbonyl (C=O) groups excluding carboxylic acids is 1. The zero-order valence-electron chi connectivity index (χ0n) is 15.1. The predicted molar refractivity (Wildman–Crippen MR) is 93.6 cm³/mol. The van der Waals surface area contributed by atoms with Crippen LogP contribution < -0.4 is 19.5 Å². The summed E-state index contributed by atoms with van der Waals surface area (Å²) in [6.45, 7) is 0.252. The summed E-state index contributed by atoms with van der Waals surface area (Å²) in [6, 6.07) is 7.88. The van der Waals surface area contributed by atoms with Crippen molar-refractivity contribution in [2.45, 2.75) is 12.6 Å². The lowest BCUT2D eigenvalue weighted by Gasteiger charge is -2.14. The number of hydrogen-bond donors (Lipinski definition) is 1. The molecule has 0 atom stereocenters. The molecule has 0 fully saturated rings. The number of rotatable bonds is 7. The highest BCUT2D eigenvalue weighted by molar-refractivity contribution is 5.97. The molecular formula is C19H20F3NO4. The summed E-state index contributed by atoms with van der Waals surface area (Å²) in [5, 5.41) is 2.72. The van der Waals surface area contributed by atoms with Crippen LogP contribution in [0.15, 0.2) is 36.4 Å². The standard InChI is InChI=1S/C19H20F3NO4/c1-25-15-11-17(27-3)16(26-2)10-14(15)18(24)23-9-8-12-4-6-13(7-5-12)19(20,21)22/h4-7,10-11H,8-9H2,1-3H3,(H,23,24). The minimum Gasteiger partial charge on any atom is -0.496 e. The Morgan fingerprint density at radius 2 is 1.48 bits per heavy atom. The number of ether oxygens (including phenoxy) is 3. The highest BCUT2D eigenvalue weighted by Gasteiger charge is 2.29. The van der Waals surface area contributed by atoms with E-state index in [0.29, 0.717) is 29.2 Å². The summed E-state index contributed by atoms with van der Waals surface area (Å²) in [4.78, 5) is 12.4. The van der Waals surface area contributed by atoms with Crippen molar-refractivity contribution >= 4 is 5.91 Å². The molecule has 0 aliphatic heterocycles. The SMILES string of the molecule is COc1cc(OC)c(C(=O)NCCc2ccc(C(F)(F)F)cc2)cc1OC. The Hall–Kier alpha value is -2.90. The van der Waals surface area contributed by atoms with Crippen molar-refractivity contribution in [2.75, 3.05) is 27.9 Å². The van der Waals surface area contributed by atoms with Crippen molar-refractivity contribution in [1.29, 1.82) is 0 Å². The van der Waals surface area contributed by atoms with Gasteiger partial charge >= 0.3 is 6.18 Å². The molecule has 0 aromatic heterocycles. The van der Waals surface area contributed by atoms with Gasteiger partial charge in [0.1, 0.15) is 5.75 Å². The summed E-state index contributed by atoms with van der Waals surface area (Å²) >= 11 is 0. The van der Waals surface area contributed by atoms with Crippen molar-refractivity contribution in [3.05, 3.63) is 53.1 Å². The lowest BCUT2D eigenvalue weighted by molar-refractivity contribution is -0.137. The van der Waals surface area contributed by atoms with E-state index >= 15 is 0 Å². The van der Waals surface area contributed by atoms with E-state index in [1.165, 1.54) is 39.5 Å². The largest absolute Gasteiger partial charge is 0.496 e. The molecule has 0 bridgehead atoms. The fraction of sp³-hybridized carbons (Fsp3) is 0.316. The van der Waals surface area contributed by atoms with Crippen LogP contribution in [0.25, 0.3) is 0 Å². The fourth-order valence-electron chi connectivity index (χ4n) is 2.48. The molecule has 0 aliphatic rings. The summed E-state index contributed by atoms with van der Waals surface area (Å²) < 4.78 is 53.3. The van der Waals surface area contributed by atoms with Gasteiger partial charge < -0.3 is 19.5 Å². The van der Waals surface area contributed by atoms with E-state index < -0.39 is 11.7 Å². The molecule has 2 rings (SSSR count).